The molecule has 4 heteroatoms. The minimum absolute atomic E-state index is 0. The Morgan fingerprint density at radius 3 is 2.58 bits per heavy atom. The van der Waals surface area contributed by atoms with Crippen LogP contribution in [0.1, 0.15) is 19.3 Å². The van der Waals surface area contributed by atoms with Crippen LogP contribution < -0.4 is 56.7 Å². The number of hydrogen-bond acceptors (Lipinski definition) is 3. The maximum Gasteiger partial charge on any atom is 1.00 e. The molecule has 3 nitrogen and oxygen atoms in total. The molecule has 1 atom stereocenters. The SMILES string of the molecule is CNC(CC[C-]=O)CCOC.[K+]. The molecule has 0 aliphatic heterocycles. The van der Waals surface area contributed by atoms with Crippen LogP contribution in [0.4, 0.5) is 0 Å². The van der Waals surface area contributed by atoms with Crippen molar-refractivity contribution >= 4 is 6.29 Å². The van der Waals surface area contributed by atoms with Gasteiger partial charge in [-0.15, -0.1) is 0 Å². The van der Waals surface area contributed by atoms with E-state index in [9.17, 15) is 4.79 Å². The van der Waals surface area contributed by atoms with Gasteiger partial charge in [-0.05, 0) is 13.5 Å². The van der Waals surface area contributed by atoms with Crippen LogP contribution in [0.3, 0.4) is 0 Å². The Hall–Kier alpha value is 1.23. The van der Waals surface area contributed by atoms with E-state index in [1.807, 2.05) is 13.3 Å². The van der Waals surface area contributed by atoms with Gasteiger partial charge in [0.2, 0.25) is 0 Å². The summed E-state index contributed by atoms with van der Waals surface area (Å²) in [6, 6.07) is 0.386. The number of nitrogens with one attached hydrogen (secondary N) is 1. The summed E-state index contributed by atoms with van der Waals surface area (Å²) >= 11 is 0. The maximum absolute atomic E-state index is 9.92. The van der Waals surface area contributed by atoms with E-state index in [-0.39, 0.29) is 51.4 Å². The average molecular weight is 197 g/mol. The van der Waals surface area contributed by atoms with Crippen LogP contribution in [-0.2, 0) is 9.53 Å². The van der Waals surface area contributed by atoms with E-state index in [0.717, 1.165) is 19.4 Å². The normalized spacial score (nSPS) is 11.8. The number of methoxy groups -OCH3 is 1. The van der Waals surface area contributed by atoms with Crippen molar-refractivity contribution in [2.45, 2.75) is 25.3 Å². The third-order valence-corrected chi connectivity index (χ3v) is 1.67. The molecule has 0 spiro atoms. The van der Waals surface area contributed by atoms with Crippen LogP contribution in [0.15, 0.2) is 0 Å². The van der Waals surface area contributed by atoms with Crippen molar-refractivity contribution < 1.29 is 60.9 Å². The molecule has 0 aromatic rings. The molecular weight excluding hydrogens is 181 g/mol. The molecule has 0 rings (SSSR count). The van der Waals surface area contributed by atoms with Crippen LogP contribution in [0.25, 0.3) is 0 Å². The number of ether oxygens (including phenoxy) is 1. The fourth-order valence-electron chi connectivity index (χ4n) is 0.926. The van der Waals surface area contributed by atoms with Gasteiger partial charge in [-0.25, -0.2) is 0 Å². The first-order chi connectivity index (χ1) is 5.35. The summed E-state index contributed by atoms with van der Waals surface area (Å²) in [5.41, 5.74) is 0. The zero-order valence-corrected chi connectivity index (χ0v) is 11.3. The zero-order chi connectivity index (χ0) is 8.53. The van der Waals surface area contributed by atoms with Crippen LogP contribution in [0.2, 0.25) is 0 Å². The molecule has 1 unspecified atom stereocenters. The third kappa shape index (κ3) is 9.32. The van der Waals surface area contributed by atoms with Crippen molar-refractivity contribution in [3.8, 4) is 0 Å². The Bertz CT molecular complexity index is 101. The Morgan fingerprint density at radius 1 is 1.50 bits per heavy atom. The molecule has 0 aliphatic rings. The van der Waals surface area contributed by atoms with Gasteiger partial charge in [0, 0.05) is 19.8 Å². The molecule has 66 valence electrons. The van der Waals surface area contributed by atoms with E-state index in [1.54, 1.807) is 7.11 Å². The fourth-order valence-corrected chi connectivity index (χ4v) is 0.926. The monoisotopic (exact) mass is 197 g/mol. The maximum atomic E-state index is 9.92. The third-order valence-electron chi connectivity index (χ3n) is 1.67. The summed E-state index contributed by atoms with van der Waals surface area (Å²) in [4.78, 5) is 9.92. The molecule has 0 saturated carbocycles. The van der Waals surface area contributed by atoms with Gasteiger partial charge in [-0.2, -0.15) is 6.42 Å². The second-order valence-corrected chi connectivity index (χ2v) is 2.45. The quantitative estimate of drug-likeness (QED) is 0.362. The van der Waals surface area contributed by atoms with Gasteiger partial charge in [-0.1, -0.05) is 6.42 Å². The Kier molecular flexibility index (Phi) is 16.0. The van der Waals surface area contributed by atoms with E-state index in [4.69, 9.17) is 4.74 Å². The largest absolute Gasteiger partial charge is 1.00 e. The Labute approximate surface area is 117 Å². The first-order valence-corrected chi connectivity index (χ1v) is 3.86. The number of carbonyl (C=O) groups excluding carboxylic acids is 1. The molecule has 0 bridgehead atoms. The number of rotatable bonds is 7. The van der Waals surface area contributed by atoms with Crippen molar-refractivity contribution in [2.75, 3.05) is 20.8 Å². The van der Waals surface area contributed by atoms with Crippen molar-refractivity contribution in [3.63, 3.8) is 0 Å². The van der Waals surface area contributed by atoms with E-state index in [2.05, 4.69) is 5.32 Å². The second-order valence-electron chi connectivity index (χ2n) is 2.45. The summed E-state index contributed by atoms with van der Waals surface area (Å²) in [7, 11) is 3.57. The van der Waals surface area contributed by atoms with Crippen LogP contribution >= 0.6 is 0 Å². The molecule has 0 radical (unpaired) electrons. The minimum Gasteiger partial charge on any atom is -0.542 e. The van der Waals surface area contributed by atoms with E-state index in [1.165, 1.54) is 0 Å². The summed E-state index contributed by atoms with van der Waals surface area (Å²) < 4.78 is 4.92. The van der Waals surface area contributed by atoms with E-state index >= 15 is 0 Å². The van der Waals surface area contributed by atoms with Gasteiger partial charge in [0.1, 0.15) is 0 Å². The predicted octanol–water partition coefficient (Wildman–Crippen LogP) is -2.50. The first-order valence-electron chi connectivity index (χ1n) is 3.86. The molecule has 12 heavy (non-hydrogen) atoms. The molecule has 0 fully saturated rings. The first kappa shape index (κ1) is 15.7. The van der Waals surface area contributed by atoms with Crippen LogP contribution in [0, 0.1) is 0 Å². The second kappa shape index (κ2) is 12.2. The molecule has 0 aromatic carbocycles. The Balaban J connectivity index is 0. The van der Waals surface area contributed by atoms with Gasteiger partial charge in [-0.3, -0.25) is 6.29 Å². The van der Waals surface area contributed by atoms with Gasteiger partial charge >= 0.3 is 51.4 Å². The van der Waals surface area contributed by atoms with Crippen molar-refractivity contribution in [3.05, 3.63) is 0 Å². The molecule has 0 aromatic heterocycles. The fraction of sp³-hybridized carbons (Fsp3) is 0.875. The zero-order valence-electron chi connectivity index (χ0n) is 8.22. The van der Waals surface area contributed by atoms with E-state index < -0.39 is 0 Å². The van der Waals surface area contributed by atoms with E-state index in [0.29, 0.717) is 12.5 Å². The average Bonchev–Trinajstić information content (AvgIpc) is 2.05. The van der Waals surface area contributed by atoms with Gasteiger partial charge in [0.05, 0.1) is 0 Å². The van der Waals surface area contributed by atoms with Crippen LogP contribution in [-0.4, -0.2) is 33.1 Å². The summed E-state index contributed by atoms with van der Waals surface area (Å²) in [6.07, 6.45) is 4.19. The van der Waals surface area contributed by atoms with Gasteiger partial charge in [0.25, 0.3) is 0 Å². The van der Waals surface area contributed by atoms with Crippen molar-refractivity contribution in [1.29, 1.82) is 0 Å². The molecule has 1 N–H and O–H groups in total. The molecule has 0 heterocycles. The predicted molar refractivity (Wildman–Crippen MR) is 44.3 cm³/mol. The number of hydrogen-bond donors (Lipinski definition) is 1. The summed E-state index contributed by atoms with van der Waals surface area (Å²) in [6.45, 7) is 0.740. The summed E-state index contributed by atoms with van der Waals surface area (Å²) in [5.74, 6) is 0. The van der Waals surface area contributed by atoms with Gasteiger partial charge < -0.3 is 14.8 Å². The van der Waals surface area contributed by atoms with Crippen molar-refractivity contribution in [2.24, 2.45) is 0 Å². The molecular formula is C8H16KNO2. The minimum atomic E-state index is 0. The topological polar surface area (TPSA) is 38.3 Å². The van der Waals surface area contributed by atoms with Crippen molar-refractivity contribution in [1.82, 2.24) is 5.32 Å². The molecule has 0 amide bonds. The standard InChI is InChI=1S/C8H16NO2.K/c1-9-8(4-3-6-10)5-7-11-2;/h8-9H,3-5,7H2,1-2H3;/q-1;+1. The van der Waals surface area contributed by atoms with Crippen LogP contribution in [0.5, 0.6) is 0 Å². The molecule has 0 saturated heterocycles. The van der Waals surface area contributed by atoms with Gasteiger partial charge in [0.15, 0.2) is 0 Å². The Morgan fingerprint density at radius 2 is 2.17 bits per heavy atom. The molecule has 0 aliphatic carbocycles. The smallest absolute Gasteiger partial charge is 0.542 e. The summed E-state index contributed by atoms with van der Waals surface area (Å²) in [5, 5.41) is 3.11.